The van der Waals surface area contributed by atoms with Gasteiger partial charge in [-0.2, -0.15) is 0 Å². The van der Waals surface area contributed by atoms with Crippen LogP contribution in [0.15, 0.2) is 53.7 Å². The Morgan fingerprint density at radius 3 is 2.90 bits per heavy atom. The van der Waals surface area contributed by atoms with Crippen molar-refractivity contribution in [2.24, 2.45) is 7.05 Å². The Morgan fingerprint density at radius 1 is 1.21 bits per heavy atom. The third-order valence-electron chi connectivity index (χ3n) is 4.16. The molecule has 148 valence electrons. The van der Waals surface area contributed by atoms with Crippen LogP contribution < -0.4 is 10.1 Å². The summed E-state index contributed by atoms with van der Waals surface area (Å²) in [5.74, 6) is 1.58. The molecule has 2 heterocycles. The summed E-state index contributed by atoms with van der Waals surface area (Å²) in [6, 6.07) is 15.6. The van der Waals surface area contributed by atoms with Gasteiger partial charge in [0.2, 0.25) is 5.91 Å². The maximum absolute atomic E-state index is 12.3. The topological polar surface area (TPSA) is 81.9 Å². The molecule has 0 bridgehead atoms. The van der Waals surface area contributed by atoms with Crippen LogP contribution in [0, 0.1) is 6.92 Å². The quantitative estimate of drug-likeness (QED) is 0.450. The Kier molecular flexibility index (Phi) is 5.77. The molecule has 0 unspecified atom stereocenters. The van der Waals surface area contributed by atoms with Crippen LogP contribution in [-0.4, -0.2) is 31.4 Å². The summed E-state index contributed by atoms with van der Waals surface area (Å²) in [6.07, 6.45) is 0. The fraction of sp³-hybridized carbons (Fsp3) is 0.200. The van der Waals surface area contributed by atoms with Crippen molar-refractivity contribution < 1.29 is 9.53 Å². The first-order valence-corrected chi connectivity index (χ1v) is 10.7. The second-order valence-corrected chi connectivity index (χ2v) is 8.36. The van der Waals surface area contributed by atoms with Gasteiger partial charge in [0.1, 0.15) is 12.4 Å². The number of aryl methyl sites for hydroxylation is 1. The number of nitrogens with one attached hydrogen (secondary N) is 1. The van der Waals surface area contributed by atoms with Gasteiger partial charge in [0, 0.05) is 7.05 Å². The number of para-hydroxylation sites is 1. The lowest BCUT2D eigenvalue weighted by molar-refractivity contribution is -0.113. The van der Waals surface area contributed by atoms with Crippen LogP contribution in [0.3, 0.4) is 0 Å². The molecule has 0 saturated heterocycles. The third-order valence-corrected chi connectivity index (χ3v) is 6.13. The average molecular weight is 426 g/mol. The molecule has 0 aliphatic carbocycles. The van der Waals surface area contributed by atoms with Crippen LogP contribution in [0.4, 0.5) is 5.13 Å². The van der Waals surface area contributed by atoms with Crippen molar-refractivity contribution in [3.63, 3.8) is 0 Å². The number of amides is 1. The highest BCUT2D eigenvalue weighted by Crippen LogP contribution is 2.26. The number of hydrogen-bond donors (Lipinski definition) is 1. The molecule has 4 rings (SSSR count). The standard InChI is InChI=1S/C20H19N5O2S2/c1-13-6-5-7-14(10-13)27-11-17-23-24-20(25(17)2)28-12-18(26)22-19-21-15-8-3-4-9-16(15)29-19/h3-10H,11-12H2,1-2H3,(H,21,22,26). The molecule has 2 aromatic carbocycles. The van der Waals surface area contributed by atoms with Crippen LogP contribution in [0.2, 0.25) is 0 Å². The number of carbonyl (C=O) groups is 1. The first-order chi connectivity index (χ1) is 14.1. The number of nitrogens with zero attached hydrogens (tertiary/aromatic N) is 4. The summed E-state index contributed by atoms with van der Waals surface area (Å²) in [5, 5.41) is 12.4. The van der Waals surface area contributed by atoms with Crippen LogP contribution in [0.1, 0.15) is 11.4 Å². The highest BCUT2D eigenvalue weighted by molar-refractivity contribution is 7.99. The minimum atomic E-state index is -0.130. The number of benzene rings is 2. The molecule has 1 amide bonds. The lowest BCUT2D eigenvalue weighted by atomic mass is 10.2. The molecule has 0 atom stereocenters. The molecule has 2 aromatic heterocycles. The summed E-state index contributed by atoms with van der Waals surface area (Å²) in [4.78, 5) is 16.7. The fourth-order valence-corrected chi connectivity index (χ4v) is 4.27. The molecule has 0 saturated carbocycles. The Hall–Kier alpha value is -2.91. The first-order valence-electron chi connectivity index (χ1n) is 8.94. The van der Waals surface area contributed by atoms with Gasteiger partial charge < -0.3 is 14.6 Å². The van der Waals surface area contributed by atoms with Gasteiger partial charge in [0.05, 0.1) is 16.0 Å². The average Bonchev–Trinajstić information content (AvgIpc) is 3.27. The smallest absolute Gasteiger partial charge is 0.236 e. The number of fused-ring (bicyclic) bond motifs is 1. The van der Waals surface area contributed by atoms with Crippen molar-refractivity contribution in [3.05, 3.63) is 59.9 Å². The molecule has 0 spiro atoms. The van der Waals surface area contributed by atoms with E-state index < -0.39 is 0 Å². The number of rotatable bonds is 7. The molecule has 7 nitrogen and oxygen atoms in total. The largest absolute Gasteiger partial charge is 0.486 e. The number of thiazole rings is 1. The van der Waals surface area contributed by atoms with Crippen molar-refractivity contribution in [2.75, 3.05) is 11.1 Å². The minimum absolute atomic E-state index is 0.130. The second-order valence-electron chi connectivity index (χ2n) is 6.39. The molecule has 0 fully saturated rings. The molecular weight excluding hydrogens is 406 g/mol. The third kappa shape index (κ3) is 4.75. The van der Waals surface area contributed by atoms with E-state index >= 15 is 0 Å². The molecule has 4 aromatic rings. The Labute approximate surface area is 176 Å². The van der Waals surface area contributed by atoms with Gasteiger partial charge in [-0.3, -0.25) is 4.79 Å². The SMILES string of the molecule is Cc1cccc(OCc2nnc(SCC(=O)Nc3nc4ccccc4s3)n2C)c1. The van der Waals surface area contributed by atoms with Gasteiger partial charge in [0.15, 0.2) is 16.1 Å². The van der Waals surface area contributed by atoms with Gasteiger partial charge in [0.25, 0.3) is 0 Å². The van der Waals surface area contributed by atoms with Crippen LogP contribution in [0.5, 0.6) is 5.75 Å². The maximum atomic E-state index is 12.3. The Morgan fingerprint density at radius 2 is 2.07 bits per heavy atom. The van der Waals surface area contributed by atoms with Gasteiger partial charge in [-0.25, -0.2) is 4.98 Å². The van der Waals surface area contributed by atoms with E-state index in [-0.39, 0.29) is 11.7 Å². The van der Waals surface area contributed by atoms with Crippen molar-refractivity contribution in [1.29, 1.82) is 0 Å². The summed E-state index contributed by atoms with van der Waals surface area (Å²) < 4.78 is 8.66. The lowest BCUT2D eigenvalue weighted by Crippen LogP contribution is -2.14. The highest BCUT2D eigenvalue weighted by Gasteiger charge is 2.13. The van der Waals surface area contributed by atoms with E-state index in [1.165, 1.54) is 23.1 Å². The van der Waals surface area contributed by atoms with Crippen molar-refractivity contribution in [2.45, 2.75) is 18.7 Å². The highest BCUT2D eigenvalue weighted by atomic mass is 32.2. The summed E-state index contributed by atoms with van der Waals surface area (Å²) in [7, 11) is 1.86. The maximum Gasteiger partial charge on any atom is 0.236 e. The monoisotopic (exact) mass is 425 g/mol. The minimum Gasteiger partial charge on any atom is -0.486 e. The summed E-state index contributed by atoms with van der Waals surface area (Å²) >= 11 is 2.78. The van der Waals surface area contributed by atoms with E-state index in [2.05, 4.69) is 20.5 Å². The van der Waals surface area contributed by atoms with E-state index in [0.717, 1.165) is 21.5 Å². The van der Waals surface area contributed by atoms with E-state index in [9.17, 15) is 4.79 Å². The van der Waals surface area contributed by atoms with E-state index in [0.29, 0.717) is 22.7 Å². The van der Waals surface area contributed by atoms with Crippen molar-refractivity contribution >= 4 is 44.4 Å². The summed E-state index contributed by atoms with van der Waals surface area (Å²) in [6.45, 7) is 2.33. The van der Waals surface area contributed by atoms with Gasteiger partial charge in [-0.1, -0.05) is 47.4 Å². The normalized spacial score (nSPS) is 11.0. The van der Waals surface area contributed by atoms with E-state index in [1.807, 2.05) is 67.1 Å². The van der Waals surface area contributed by atoms with Crippen LogP contribution in [0.25, 0.3) is 10.2 Å². The number of anilines is 1. The number of hydrogen-bond acceptors (Lipinski definition) is 7. The van der Waals surface area contributed by atoms with Crippen LogP contribution in [-0.2, 0) is 18.4 Å². The molecule has 0 aliphatic rings. The molecule has 0 radical (unpaired) electrons. The van der Waals surface area contributed by atoms with Gasteiger partial charge in [-0.05, 0) is 36.8 Å². The number of thioether (sulfide) groups is 1. The first kappa shape index (κ1) is 19.4. The van der Waals surface area contributed by atoms with Crippen molar-refractivity contribution in [1.82, 2.24) is 19.7 Å². The number of ether oxygens (including phenoxy) is 1. The fourth-order valence-electron chi connectivity index (χ4n) is 2.66. The van der Waals surface area contributed by atoms with Crippen LogP contribution >= 0.6 is 23.1 Å². The summed E-state index contributed by atoms with van der Waals surface area (Å²) in [5.41, 5.74) is 2.02. The Balaban J connectivity index is 1.32. The molecule has 1 N–H and O–H groups in total. The molecular formula is C20H19N5O2S2. The molecule has 29 heavy (non-hydrogen) atoms. The zero-order valence-electron chi connectivity index (χ0n) is 16.0. The van der Waals surface area contributed by atoms with Gasteiger partial charge in [-0.15, -0.1) is 10.2 Å². The predicted octanol–water partition coefficient (Wildman–Crippen LogP) is 4.04. The zero-order chi connectivity index (χ0) is 20.2. The predicted molar refractivity (Wildman–Crippen MR) is 115 cm³/mol. The van der Waals surface area contributed by atoms with E-state index in [1.54, 1.807) is 0 Å². The molecule has 0 aliphatic heterocycles. The number of carbonyl (C=O) groups excluding carboxylic acids is 1. The number of aromatic nitrogens is 4. The van der Waals surface area contributed by atoms with Crippen molar-refractivity contribution in [3.8, 4) is 5.75 Å². The Bertz CT molecular complexity index is 1120. The zero-order valence-corrected chi connectivity index (χ0v) is 17.6. The lowest BCUT2D eigenvalue weighted by Gasteiger charge is -2.07. The molecule has 9 heteroatoms. The van der Waals surface area contributed by atoms with E-state index in [4.69, 9.17) is 4.74 Å². The second kappa shape index (κ2) is 8.62. The van der Waals surface area contributed by atoms with Gasteiger partial charge >= 0.3 is 0 Å².